The first-order chi connectivity index (χ1) is 12.8. The fourth-order valence-electron chi connectivity index (χ4n) is 3.71. The van der Waals surface area contributed by atoms with Crippen molar-refractivity contribution < 1.29 is 8.42 Å². The Bertz CT molecular complexity index is 974. The number of H-pyrrole nitrogens is 1. The van der Waals surface area contributed by atoms with Gasteiger partial charge in [-0.25, -0.2) is 8.42 Å². The first-order valence-electron chi connectivity index (χ1n) is 9.63. The lowest BCUT2D eigenvalue weighted by atomic mass is 10.1. The van der Waals surface area contributed by atoms with Crippen molar-refractivity contribution in [2.45, 2.75) is 40.2 Å². The van der Waals surface area contributed by atoms with E-state index in [2.05, 4.69) is 28.9 Å². The van der Waals surface area contributed by atoms with Crippen molar-refractivity contribution in [2.75, 3.05) is 31.9 Å². The van der Waals surface area contributed by atoms with E-state index in [0.29, 0.717) is 39.1 Å². The molecule has 6 nitrogen and oxygen atoms in total. The second kappa shape index (κ2) is 8.12. The number of hydrogen-bond donors (Lipinski definition) is 1. The highest BCUT2D eigenvalue weighted by atomic mass is 32.2. The summed E-state index contributed by atoms with van der Waals surface area (Å²) >= 11 is 0. The molecule has 1 N–H and O–H groups in total. The quantitative estimate of drug-likeness (QED) is 0.821. The van der Waals surface area contributed by atoms with Crippen LogP contribution in [0.15, 0.2) is 23.0 Å². The van der Waals surface area contributed by atoms with E-state index in [9.17, 15) is 13.2 Å². The van der Waals surface area contributed by atoms with E-state index < -0.39 is 10.0 Å². The highest BCUT2D eigenvalue weighted by molar-refractivity contribution is 7.89. The molecule has 1 fully saturated rings. The molecule has 0 amide bonds. The summed E-state index contributed by atoms with van der Waals surface area (Å²) in [5, 5.41) is 1.04. The van der Waals surface area contributed by atoms with Crippen LogP contribution < -0.4 is 5.56 Å². The summed E-state index contributed by atoms with van der Waals surface area (Å²) in [5.74, 6) is 0.229. The van der Waals surface area contributed by atoms with E-state index in [1.54, 1.807) is 4.31 Å². The third-order valence-electron chi connectivity index (χ3n) is 5.24. The Kier molecular flexibility index (Phi) is 6.03. The topological polar surface area (TPSA) is 73.5 Å². The van der Waals surface area contributed by atoms with Crippen LogP contribution in [0.25, 0.3) is 10.9 Å². The summed E-state index contributed by atoms with van der Waals surface area (Å²) in [5.41, 5.74) is 3.80. The average Bonchev–Trinajstić information content (AvgIpc) is 2.62. The molecule has 2 heterocycles. The van der Waals surface area contributed by atoms with Gasteiger partial charge in [0, 0.05) is 38.3 Å². The Morgan fingerprint density at radius 2 is 1.78 bits per heavy atom. The van der Waals surface area contributed by atoms with E-state index in [0.717, 1.165) is 28.5 Å². The predicted molar refractivity (Wildman–Crippen MR) is 110 cm³/mol. The van der Waals surface area contributed by atoms with Gasteiger partial charge in [-0.05, 0) is 43.4 Å². The van der Waals surface area contributed by atoms with Crippen LogP contribution in [0.1, 0.15) is 36.5 Å². The van der Waals surface area contributed by atoms with E-state index in [-0.39, 0.29) is 11.3 Å². The van der Waals surface area contributed by atoms with Gasteiger partial charge in [0.2, 0.25) is 10.0 Å². The van der Waals surface area contributed by atoms with Gasteiger partial charge in [0.25, 0.3) is 5.56 Å². The van der Waals surface area contributed by atoms with Crippen LogP contribution in [0.2, 0.25) is 0 Å². The Labute approximate surface area is 161 Å². The molecule has 2 aromatic rings. The standard InChI is InChI=1S/C20H29N3O3S/c1-4-5-10-27(25,26)23-8-6-22(7-9-23)14-18-13-17-12-15(2)11-16(3)19(17)21-20(18)24/h11-13H,4-10,14H2,1-3H3,(H,21,24). The second-order valence-corrected chi connectivity index (χ2v) is 9.60. The monoisotopic (exact) mass is 391 g/mol. The fourth-order valence-corrected chi connectivity index (χ4v) is 5.34. The Hall–Kier alpha value is -1.70. The Balaban J connectivity index is 1.70. The number of aromatic amines is 1. The van der Waals surface area contributed by atoms with E-state index in [1.165, 1.54) is 5.56 Å². The Morgan fingerprint density at radius 1 is 1.07 bits per heavy atom. The minimum atomic E-state index is -3.15. The molecule has 0 bridgehead atoms. The molecule has 1 aromatic carbocycles. The second-order valence-electron chi connectivity index (χ2n) is 7.51. The van der Waals surface area contributed by atoms with Gasteiger partial charge in [-0.15, -0.1) is 0 Å². The molecule has 0 spiro atoms. The lowest BCUT2D eigenvalue weighted by molar-refractivity contribution is 0.181. The number of nitrogens with one attached hydrogen (secondary N) is 1. The third kappa shape index (κ3) is 4.59. The number of piperazine rings is 1. The van der Waals surface area contributed by atoms with Crippen molar-refractivity contribution in [3.63, 3.8) is 0 Å². The van der Waals surface area contributed by atoms with Crippen LogP contribution in [-0.2, 0) is 16.6 Å². The lowest BCUT2D eigenvalue weighted by Crippen LogP contribution is -2.49. The molecule has 1 aliphatic heterocycles. The van der Waals surface area contributed by atoms with Crippen molar-refractivity contribution >= 4 is 20.9 Å². The van der Waals surface area contributed by atoms with Crippen LogP contribution in [0.3, 0.4) is 0 Å². The zero-order chi connectivity index (χ0) is 19.6. The molecule has 0 atom stereocenters. The number of unbranched alkanes of at least 4 members (excludes halogenated alkanes) is 1. The van der Waals surface area contributed by atoms with Gasteiger partial charge in [-0.1, -0.05) is 25.0 Å². The minimum Gasteiger partial charge on any atom is -0.321 e. The van der Waals surface area contributed by atoms with Crippen LogP contribution in [0.4, 0.5) is 0 Å². The van der Waals surface area contributed by atoms with Gasteiger partial charge in [0.05, 0.1) is 11.3 Å². The summed E-state index contributed by atoms with van der Waals surface area (Å²) in [6.45, 7) is 8.88. The van der Waals surface area contributed by atoms with Crippen molar-refractivity contribution in [3.05, 3.63) is 45.2 Å². The SMILES string of the molecule is CCCCS(=O)(=O)N1CCN(Cc2cc3cc(C)cc(C)c3[nH]c2=O)CC1. The summed E-state index contributed by atoms with van der Waals surface area (Å²) in [6.07, 6.45) is 1.58. The highest BCUT2D eigenvalue weighted by Crippen LogP contribution is 2.19. The van der Waals surface area contributed by atoms with Gasteiger partial charge in [0.1, 0.15) is 0 Å². The molecule has 7 heteroatoms. The normalized spacial score (nSPS) is 16.9. The summed E-state index contributed by atoms with van der Waals surface area (Å²) in [7, 11) is -3.15. The zero-order valence-corrected chi connectivity index (χ0v) is 17.2. The molecule has 1 aliphatic rings. The van der Waals surface area contributed by atoms with Crippen LogP contribution >= 0.6 is 0 Å². The number of sulfonamides is 1. The maximum Gasteiger partial charge on any atom is 0.252 e. The summed E-state index contributed by atoms with van der Waals surface area (Å²) < 4.78 is 26.2. The molecule has 148 valence electrons. The van der Waals surface area contributed by atoms with Crippen LogP contribution in [-0.4, -0.2) is 54.5 Å². The minimum absolute atomic E-state index is 0.0625. The number of rotatable bonds is 6. The van der Waals surface area contributed by atoms with Gasteiger partial charge in [-0.2, -0.15) is 4.31 Å². The molecule has 1 aromatic heterocycles. The number of pyridine rings is 1. The maximum atomic E-state index is 12.5. The molecule has 1 saturated heterocycles. The smallest absolute Gasteiger partial charge is 0.252 e. The van der Waals surface area contributed by atoms with E-state index in [4.69, 9.17) is 0 Å². The van der Waals surface area contributed by atoms with Gasteiger partial charge in [-0.3, -0.25) is 9.69 Å². The van der Waals surface area contributed by atoms with Gasteiger partial charge >= 0.3 is 0 Å². The fraction of sp³-hybridized carbons (Fsp3) is 0.550. The molecule has 0 saturated carbocycles. The van der Waals surface area contributed by atoms with E-state index >= 15 is 0 Å². The maximum absolute atomic E-state index is 12.5. The molecule has 3 rings (SSSR count). The number of benzene rings is 1. The Morgan fingerprint density at radius 3 is 2.44 bits per heavy atom. The molecular formula is C20H29N3O3S. The molecule has 0 unspecified atom stereocenters. The average molecular weight is 392 g/mol. The predicted octanol–water partition coefficient (Wildman–Crippen LogP) is 2.39. The first-order valence-corrected chi connectivity index (χ1v) is 11.2. The molecule has 0 radical (unpaired) electrons. The van der Waals surface area contributed by atoms with Crippen LogP contribution in [0.5, 0.6) is 0 Å². The number of fused-ring (bicyclic) bond motifs is 1. The summed E-state index contributed by atoms with van der Waals surface area (Å²) in [6, 6.07) is 6.12. The van der Waals surface area contributed by atoms with E-state index in [1.807, 2.05) is 19.9 Å². The third-order valence-corrected chi connectivity index (χ3v) is 7.20. The molecule has 0 aliphatic carbocycles. The highest BCUT2D eigenvalue weighted by Gasteiger charge is 2.26. The number of aromatic nitrogens is 1. The largest absolute Gasteiger partial charge is 0.321 e. The summed E-state index contributed by atoms with van der Waals surface area (Å²) in [4.78, 5) is 17.7. The van der Waals surface area contributed by atoms with Crippen molar-refractivity contribution in [1.82, 2.24) is 14.2 Å². The number of nitrogens with zero attached hydrogens (tertiary/aromatic N) is 2. The zero-order valence-electron chi connectivity index (χ0n) is 16.4. The van der Waals surface area contributed by atoms with Crippen LogP contribution in [0, 0.1) is 13.8 Å². The number of hydrogen-bond acceptors (Lipinski definition) is 4. The first kappa shape index (κ1) is 20.0. The lowest BCUT2D eigenvalue weighted by Gasteiger charge is -2.33. The molecular weight excluding hydrogens is 362 g/mol. The van der Waals surface area contributed by atoms with Crippen molar-refractivity contribution in [1.29, 1.82) is 0 Å². The van der Waals surface area contributed by atoms with Crippen molar-refractivity contribution in [2.24, 2.45) is 0 Å². The van der Waals surface area contributed by atoms with Gasteiger partial charge < -0.3 is 4.98 Å². The van der Waals surface area contributed by atoms with Crippen molar-refractivity contribution in [3.8, 4) is 0 Å². The number of aryl methyl sites for hydroxylation is 2. The van der Waals surface area contributed by atoms with Gasteiger partial charge in [0.15, 0.2) is 0 Å². The molecule has 27 heavy (non-hydrogen) atoms.